The number of imide groups is 1. The molecule has 2 aliphatic rings. The molecule has 35 heavy (non-hydrogen) atoms. The van der Waals surface area contributed by atoms with Crippen LogP contribution in [0, 0.1) is 5.92 Å². The van der Waals surface area contributed by atoms with Crippen molar-refractivity contribution in [3.05, 3.63) is 34.6 Å². The summed E-state index contributed by atoms with van der Waals surface area (Å²) in [6, 6.07) is 6.57. The summed E-state index contributed by atoms with van der Waals surface area (Å²) in [5.41, 5.74) is 2.00. The van der Waals surface area contributed by atoms with E-state index in [-0.39, 0.29) is 11.3 Å². The van der Waals surface area contributed by atoms with E-state index in [1.165, 1.54) is 0 Å². The molecule has 2 aromatic rings. The van der Waals surface area contributed by atoms with E-state index in [1.807, 2.05) is 12.1 Å². The number of aromatic nitrogens is 2. The number of carbonyl (C=O) groups is 3. The predicted octanol–water partition coefficient (Wildman–Crippen LogP) is 3.60. The topological polar surface area (TPSA) is 113 Å². The molecule has 4 rings (SSSR count). The molecule has 1 aromatic heterocycles. The van der Waals surface area contributed by atoms with Gasteiger partial charge >= 0.3 is 6.03 Å². The van der Waals surface area contributed by atoms with Crippen LogP contribution in [0.5, 0.6) is 0 Å². The number of amides is 4. The van der Waals surface area contributed by atoms with Crippen molar-refractivity contribution in [2.45, 2.75) is 82.5 Å². The Kier molecular flexibility index (Phi) is 7.78. The minimum atomic E-state index is -0.914. The van der Waals surface area contributed by atoms with E-state index < -0.39 is 23.4 Å². The van der Waals surface area contributed by atoms with Gasteiger partial charge in [-0.1, -0.05) is 57.0 Å². The van der Waals surface area contributed by atoms with Crippen LogP contribution in [-0.4, -0.2) is 43.7 Å². The number of para-hydroxylation sites is 1. The number of fused-ring (bicyclic) bond motifs is 1. The van der Waals surface area contributed by atoms with Crippen LogP contribution in [-0.2, 0) is 16.1 Å². The summed E-state index contributed by atoms with van der Waals surface area (Å²) in [5, 5.41) is 4.61. The van der Waals surface area contributed by atoms with Crippen molar-refractivity contribution in [2.75, 3.05) is 5.75 Å². The third-order valence-electron chi connectivity index (χ3n) is 6.92. The molecule has 2 N–H and O–H groups in total. The van der Waals surface area contributed by atoms with Gasteiger partial charge in [-0.3, -0.25) is 24.4 Å². The van der Waals surface area contributed by atoms with Crippen LogP contribution in [0.1, 0.15) is 65.2 Å². The second kappa shape index (κ2) is 10.8. The number of rotatable bonds is 9. The fourth-order valence-electron chi connectivity index (χ4n) is 4.75. The number of benzene rings is 1. The van der Waals surface area contributed by atoms with Crippen LogP contribution >= 0.6 is 11.8 Å². The van der Waals surface area contributed by atoms with Crippen LogP contribution in [0.25, 0.3) is 10.9 Å². The first-order valence-corrected chi connectivity index (χ1v) is 13.4. The summed E-state index contributed by atoms with van der Waals surface area (Å²) in [4.78, 5) is 55.9. The lowest BCUT2D eigenvalue weighted by molar-refractivity contribution is -0.139. The molecular weight excluding hydrogens is 466 g/mol. The number of nitrogens with one attached hydrogen (secondary N) is 2. The first-order valence-electron chi connectivity index (χ1n) is 12.4. The van der Waals surface area contributed by atoms with Gasteiger partial charge in [0.1, 0.15) is 5.54 Å². The number of thioether (sulfide) groups is 1. The van der Waals surface area contributed by atoms with Crippen molar-refractivity contribution in [1.82, 2.24) is 25.3 Å². The second-order valence-electron chi connectivity index (χ2n) is 9.59. The predicted molar refractivity (Wildman–Crippen MR) is 135 cm³/mol. The van der Waals surface area contributed by atoms with Crippen molar-refractivity contribution < 1.29 is 14.4 Å². The Balaban J connectivity index is 1.45. The molecule has 1 spiro atoms. The minimum Gasteiger partial charge on any atom is -0.322 e. The van der Waals surface area contributed by atoms with Gasteiger partial charge in [-0.25, -0.2) is 9.78 Å². The Bertz CT molecular complexity index is 1170. The maximum Gasteiger partial charge on any atom is 0.344 e. The highest BCUT2D eigenvalue weighted by Gasteiger charge is 2.52. The Morgan fingerprint density at radius 3 is 2.66 bits per heavy atom. The highest BCUT2D eigenvalue weighted by atomic mass is 32.2. The summed E-state index contributed by atoms with van der Waals surface area (Å²) in [7, 11) is 0. The molecular formula is C25H33N5O4S. The summed E-state index contributed by atoms with van der Waals surface area (Å²) in [6.45, 7) is 4.79. The minimum absolute atomic E-state index is 0.0825. The highest BCUT2D eigenvalue weighted by Crippen LogP contribution is 2.35. The highest BCUT2D eigenvalue weighted by molar-refractivity contribution is 7.99. The van der Waals surface area contributed by atoms with Gasteiger partial charge in [0.25, 0.3) is 11.5 Å². The van der Waals surface area contributed by atoms with E-state index >= 15 is 0 Å². The molecule has 0 unspecified atom stereocenters. The molecule has 0 atom stereocenters. The zero-order valence-electron chi connectivity index (χ0n) is 20.3. The third kappa shape index (κ3) is 5.37. The zero-order chi connectivity index (χ0) is 25.0. The summed E-state index contributed by atoms with van der Waals surface area (Å²) in [5.74, 6) is -0.468. The quantitative estimate of drug-likeness (QED) is 0.236. The average molecular weight is 500 g/mol. The van der Waals surface area contributed by atoms with Gasteiger partial charge in [0.15, 0.2) is 5.16 Å². The van der Waals surface area contributed by atoms with Gasteiger partial charge < -0.3 is 5.32 Å². The van der Waals surface area contributed by atoms with E-state index in [2.05, 4.69) is 29.6 Å². The van der Waals surface area contributed by atoms with Crippen LogP contribution in [0.15, 0.2) is 34.2 Å². The monoisotopic (exact) mass is 499 g/mol. The Morgan fingerprint density at radius 2 is 1.91 bits per heavy atom. The Labute approximate surface area is 209 Å². The molecule has 1 saturated carbocycles. The summed E-state index contributed by atoms with van der Waals surface area (Å²) >= 11 is 1.13. The maximum atomic E-state index is 13.1. The number of hydrazine groups is 1. The molecule has 9 nitrogen and oxygen atoms in total. The lowest BCUT2D eigenvalue weighted by Crippen LogP contribution is -2.51. The molecule has 1 aromatic carbocycles. The van der Waals surface area contributed by atoms with E-state index in [4.69, 9.17) is 0 Å². The van der Waals surface area contributed by atoms with Gasteiger partial charge in [0.2, 0.25) is 5.91 Å². The number of hydrogen-bond donors (Lipinski definition) is 2. The standard InChI is InChI=1S/C25H33N5O4S/c1-3-4-5-8-15-29-21(32)18-9-6-7-10-19(18)26-24(29)35-16-20(31)28-30-22(33)25(27-23(30)34)13-11-17(2)12-14-25/h6-7,9-10,17H,3-5,8,11-16H2,1-2H3,(H,27,34)(H,28,31). The van der Waals surface area contributed by atoms with Crippen molar-refractivity contribution >= 4 is 40.5 Å². The first-order chi connectivity index (χ1) is 16.8. The van der Waals surface area contributed by atoms with Gasteiger partial charge in [-0.2, -0.15) is 5.01 Å². The smallest absolute Gasteiger partial charge is 0.322 e. The SMILES string of the molecule is CCCCCCn1c(SCC(=O)NN2C(=O)NC3(CCC(C)CC3)C2=O)nc2ccccc2c1=O. The van der Waals surface area contributed by atoms with Crippen molar-refractivity contribution in [3.8, 4) is 0 Å². The fraction of sp³-hybridized carbons (Fsp3) is 0.560. The zero-order valence-corrected chi connectivity index (χ0v) is 21.2. The Morgan fingerprint density at radius 1 is 1.17 bits per heavy atom. The van der Waals surface area contributed by atoms with Crippen LogP contribution in [0.3, 0.4) is 0 Å². The molecule has 1 aliphatic carbocycles. The first kappa shape index (κ1) is 25.2. The molecule has 1 aliphatic heterocycles. The lowest BCUT2D eigenvalue weighted by Gasteiger charge is -2.33. The van der Waals surface area contributed by atoms with Crippen molar-refractivity contribution in [2.24, 2.45) is 5.92 Å². The number of unbranched alkanes of at least 4 members (excludes halogenated alkanes) is 3. The molecule has 4 amide bonds. The molecule has 0 bridgehead atoms. The molecule has 1 saturated heterocycles. The summed E-state index contributed by atoms with van der Waals surface area (Å²) in [6.07, 6.45) is 6.89. The summed E-state index contributed by atoms with van der Waals surface area (Å²) < 4.78 is 1.63. The second-order valence-corrected chi connectivity index (χ2v) is 10.5. The normalized spacial score (nSPS) is 22.1. The third-order valence-corrected chi connectivity index (χ3v) is 7.90. The molecule has 188 valence electrons. The van der Waals surface area contributed by atoms with E-state index in [9.17, 15) is 19.2 Å². The number of nitrogens with zero attached hydrogens (tertiary/aromatic N) is 3. The van der Waals surface area contributed by atoms with Crippen LogP contribution in [0.2, 0.25) is 0 Å². The molecule has 10 heteroatoms. The van der Waals surface area contributed by atoms with Gasteiger partial charge in [-0.05, 0) is 50.2 Å². The van der Waals surface area contributed by atoms with Gasteiger partial charge in [0, 0.05) is 6.54 Å². The van der Waals surface area contributed by atoms with E-state index in [0.717, 1.165) is 55.3 Å². The fourth-order valence-corrected chi connectivity index (χ4v) is 5.57. The Hall–Kier alpha value is -2.88. The molecule has 2 fully saturated rings. The van der Waals surface area contributed by atoms with Crippen molar-refractivity contribution in [3.63, 3.8) is 0 Å². The van der Waals surface area contributed by atoms with Gasteiger partial charge in [0.05, 0.1) is 16.7 Å². The van der Waals surface area contributed by atoms with E-state index in [0.29, 0.717) is 41.4 Å². The maximum absolute atomic E-state index is 13.1. The lowest BCUT2D eigenvalue weighted by atomic mass is 9.77. The van der Waals surface area contributed by atoms with Crippen molar-refractivity contribution in [1.29, 1.82) is 0 Å². The van der Waals surface area contributed by atoms with E-state index in [1.54, 1.807) is 16.7 Å². The molecule has 2 heterocycles. The van der Waals surface area contributed by atoms with Crippen LogP contribution < -0.4 is 16.3 Å². The molecule has 0 radical (unpaired) electrons. The number of urea groups is 1. The van der Waals surface area contributed by atoms with Crippen LogP contribution in [0.4, 0.5) is 4.79 Å². The number of hydrogen-bond acceptors (Lipinski definition) is 6. The average Bonchev–Trinajstić information content (AvgIpc) is 3.07. The number of carbonyl (C=O) groups excluding carboxylic acids is 3. The largest absolute Gasteiger partial charge is 0.344 e. The van der Waals surface area contributed by atoms with Gasteiger partial charge in [-0.15, -0.1) is 0 Å².